The molecule has 0 aliphatic carbocycles. The number of aryl methyl sites for hydroxylation is 2. The molecule has 0 aliphatic heterocycles. The molecule has 31 heavy (non-hydrogen) atoms. The maximum atomic E-state index is 14.4. The molecule has 0 radical (unpaired) electrons. The standard InChI is InChI=1S/C23H24FN5O2/c1-15-7-5-6-8-20(15)29-13-18(12-28(3)14-22-26-25-16(2)31-22)23(27-29)17-9-10-21(30-4)19(24)11-17/h5-11,13H,12,14H2,1-4H3. The maximum Gasteiger partial charge on any atom is 0.230 e. The van der Waals surface area contributed by atoms with Crippen LogP contribution < -0.4 is 4.74 Å². The van der Waals surface area contributed by atoms with E-state index in [0.29, 0.717) is 36.1 Å². The highest BCUT2D eigenvalue weighted by molar-refractivity contribution is 5.64. The van der Waals surface area contributed by atoms with Crippen LogP contribution in [-0.2, 0) is 13.1 Å². The largest absolute Gasteiger partial charge is 0.494 e. The van der Waals surface area contributed by atoms with Crippen LogP contribution in [0.2, 0.25) is 0 Å². The van der Waals surface area contributed by atoms with Crippen molar-refractivity contribution in [1.29, 1.82) is 0 Å². The Morgan fingerprint density at radius 2 is 1.90 bits per heavy atom. The van der Waals surface area contributed by atoms with Crippen molar-refractivity contribution in [2.45, 2.75) is 26.9 Å². The summed E-state index contributed by atoms with van der Waals surface area (Å²) in [5.74, 6) is 0.854. The monoisotopic (exact) mass is 421 g/mol. The third kappa shape index (κ3) is 4.49. The van der Waals surface area contributed by atoms with Gasteiger partial charge in [-0.3, -0.25) is 4.90 Å². The van der Waals surface area contributed by atoms with Gasteiger partial charge >= 0.3 is 0 Å². The van der Waals surface area contributed by atoms with Crippen molar-refractivity contribution >= 4 is 0 Å². The summed E-state index contributed by atoms with van der Waals surface area (Å²) in [6, 6.07) is 12.9. The summed E-state index contributed by atoms with van der Waals surface area (Å²) in [6.07, 6.45) is 1.98. The molecule has 2 heterocycles. The molecule has 0 saturated carbocycles. The van der Waals surface area contributed by atoms with E-state index >= 15 is 0 Å². The average molecular weight is 421 g/mol. The first-order valence-electron chi connectivity index (χ1n) is 9.90. The normalized spacial score (nSPS) is 11.3. The quantitative estimate of drug-likeness (QED) is 0.443. The number of halogens is 1. The first-order valence-corrected chi connectivity index (χ1v) is 9.90. The van der Waals surface area contributed by atoms with E-state index in [1.54, 1.807) is 13.0 Å². The molecule has 160 valence electrons. The van der Waals surface area contributed by atoms with Gasteiger partial charge in [-0.15, -0.1) is 10.2 Å². The Kier molecular flexibility index (Phi) is 5.81. The van der Waals surface area contributed by atoms with Gasteiger partial charge in [-0.1, -0.05) is 18.2 Å². The Bertz CT molecular complexity index is 1200. The van der Waals surface area contributed by atoms with E-state index in [1.165, 1.54) is 13.2 Å². The van der Waals surface area contributed by atoms with Gasteiger partial charge in [0.2, 0.25) is 11.8 Å². The second-order valence-corrected chi connectivity index (χ2v) is 7.47. The summed E-state index contributed by atoms with van der Waals surface area (Å²) in [4.78, 5) is 2.05. The summed E-state index contributed by atoms with van der Waals surface area (Å²) in [5.41, 5.74) is 4.41. The molecule has 0 unspecified atom stereocenters. The SMILES string of the molecule is COc1ccc(-c2nn(-c3ccccc3C)cc2CN(C)Cc2nnc(C)o2)cc1F. The summed E-state index contributed by atoms with van der Waals surface area (Å²) in [5, 5.41) is 12.7. The van der Waals surface area contributed by atoms with Crippen LogP contribution in [0.5, 0.6) is 5.75 Å². The molecule has 7 nitrogen and oxygen atoms in total. The fourth-order valence-electron chi connectivity index (χ4n) is 3.50. The third-order valence-corrected chi connectivity index (χ3v) is 4.99. The molecule has 0 atom stereocenters. The van der Waals surface area contributed by atoms with Crippen molar-refractivity contribution in [3.63, 3.8) is 0 Å². The van der Waals surface area contributed by atoms with Crippen LogP contribution in [0.3, 0.4) is 0 Å². The van der Waals surface area contributed by atoms with Crippen LogP contribution in [0.1, 0.15) is 22.9 Å². The molecule has 4 rings (SSSR count). The van der Waals surface area contributed by atoms with Gasteiger partial charge in [0.25, 0.3) is 0 Å². The fourth-order valence-corrected chi connectivity index (χ4v) is 3.50. The molecule has 0 saturated heterocycles. The van der Waals surface area contributed by atoms with Gasteiger partial charge in [0, 0.05) is 30.8 Å². The number of hydrogen-bond acceptors (Lipinski definition) is 6. The van der Waals surface area contributed by atoms with Gasteiger partial charge in [0.15, 0.2) is 11.6 Å². The number of benzene rings is 2. The Hall–Kier alpha value is -3.52. The number of para-hydroxylation sites is 1. The molecule has 0 amide bonds. The summed E-state index contributed by atoms with van der Waals surface area (Å²) in [7, 11) is 3.41. The van der Waals surface area contributed by atoms with Crippen LogP contribution in [-0.4, -0.2) is 39.0 Å². The molecule has 0 N–H and O–H groups in total. The minimum absolute atomic E-state index is 0.201. The molecule has 0 bridgehead atoms. The van der Waals surface area contributed by atoms with Crippen molar-refractivity contribution in [2.75, 3.05) is 14.2 Å². The van der Waals surface area contributed by atoms with Crippen molar-refractivity contribution in [2.24, 2.45) is 0 Å². The Balaban J connectivity index is 1.71. The lowest BCUT2D eigenvalue weighted by Gasteiger charge is -2.14. The summed E-state index contributed by atoms with van der Waals surface area (Å²) >= 11 is 0. The number of hydrogen-bond donors (Lipinski definition) is 0. The van der Waals surface area contributed by atoms with Gasteiger partial charge in [0.05, 0.1) is 25.0 Å². The fraction of sp³-hybridized carbons (Fsp3) is 0.261. The minimum Gasteiger partial charge on any atom is -0.494 e. The lowest BCUT2D eigenvalue weighted by atomic mass is 10.1. The van der Waals surface area contributed by atoms with Crippen molar-refractivity contribution < 1.29 is 13.5 Å². The molecule has 2 aromatic carbocycles. The lowest BCUT2D eigenvalue weighted by Crippen LogP contribution is -2.17. The number of rotatable bonds is 7. The summed E-state index contributed by atoms with van der Waals surface area (Å²) in [6.45, 7) is 4.86. The topological polar surface area (TPSA) is 69.2 Å². The maximum absolute atomic E-state index is 14.4. The highest BCUT2D eigenvalue weighted by Gasteiger charge is 2.17. The van der Waals surface area contributed by atoms with E-state index in [0.717, 1.165) is 16.8 Å². The van der Waals surface area contributed by atoms with Crippen molar-refractivity contribution in [3.05, 3.63) is 77.4 Å². The number of methoxy groups -OCH3 is 1. The van der Waals surface area contributed by atoms with Gasteiger partial charge in [-0.05, 0) is 43.8 Å². The van der Waals surface area contributed by atoms with Gasteiger partial charge in [-0.25, -0.2) is 9.07 Å². The Labute approximate surface area is 180 Å². The van der Waals surface area contributed by atoms with E-state index < -0.39 is 5.82 Å². The molecule has 0 spiro atoms. The number of nitrogens with zero attached hydrogens (tertiary/aromatic N) is 5. The first kappa shape index (κ1) is 20.7. The second-order valence-electron chi connectivity index (χ2n) is 7.47. The highest BCUT2D eigenvalue weighted by atomic mass is 19.1. The van der Waals surface area contributed by atoms with Crippen LogP contribution in [0, 0.1) is 19.7 Å². The minimum atomic E-state index is -0.425. The van der Waals surface area contributed by atoms with Gasteiger partial charge in [0.1, 0.15) is 0 Å². The number of aromatic nitrogens is 4. The number of ether oxygens (including phenoxy) is 1. The third-order valence-electron chi connectivity index (χ3n) is 4.99. The molecule has 0 aliphatic rings. The van der Waals surface area contributed by atoms with Crippen LogP contribution in [0.25, 0.3) is 16.9 Å². The van der Waals surface area contributed by atoms with Crippen molar-refractivity contribution in [1.82, 2.24) is 24.9 Å². The van der Waals surface area contributed by atoms with Crippen LogP contribution in [0.15, 0.2) is 53.1 Å². The van der Waals surface area contributed by atoms with E-state index in [4.69, 9.17) is 14.3 Å². The first-order chi connectivity index (χ1) is 14.9. The van der Waals surface area contributed by atoms with Crippen LogP contribution in [0.4, 0.5) is 4.39 Å². The zero-order chi connectivity index (χ0) is 22.0. The van der Waals surface area contributed by atoms with E-state index in [-0.39, 0.29) is 5.75 Å². The summed E-state index contributed by atoms with van der Waals surface area (Å²) < 4.78 is 26.8. The molecule has 0 fully saturated rings. The second kappa shape index (κ2) is 8.69. The predicted molar refractivity (Wildman–Crippen MR) is 114 cm³/mol. The Morgan fingerprint density at radius 1 is 1.10 bits per heavy atom. The van der Waals surface area contributed by atoms with Gasteiger partial charge < -0.3 is 9.15 Å². The average Bonchev–Trinajstić information content (AvgIpc) is 3.34. The van der Waals surface area contributed by atoms with E-state index in [1.807, 2.05) is 55.2 Å². The molecular weight excluding hydrogens is 397 g/mol. The lowest BCUT2D eigenvalue weighted by molar-refractivity contribution is 0.279. The van der Waals surface area contributed by atoms with E-state index in [9.17, 15) is 4.39 Å². The van der Waals surface area contributed by atoms with E-state index in [2.05, 4.69) is 15.1 Å². The molecule has 4 aromatic rings. The van der Waals surface area contributed by atoms with Crippen molar-refractivity contribution in [3.8, 4) is 22.7 Å². The molecule has 8 heteroatoms. The highest BCUT2D eigenvalue weighted by Crippen LogP contribution is 2.29. The zero-order valence-electron chi connectivity index (χ0n) is 18.0. The Morgan fingerprint density at radius 3 is 2.58 bits per heavy atom. The van der Waals surface area contributed by atoms with Crippen LogP contribution >= 0.6 is 0 Å². The van der Waals surface area contributed by atoms with Gasteiger partial charge in [-0.2, -0.15) is 5.10 Å². The predicted octanol–water partition coefficient (Wildman–Crippen LogP) is 4.32. The molecule has 2 aromatic heterocycles. The smallest absolute Gasteiger partial charge is 0.230 e. The zero-order valence-corrected chi connectivity index (χ0v) is 18.0. The molecular formula is C23H24FN5O2.